The Bertz CT molecular complexity index is 642. The van der Waals surface area contributed by atoms with E-state index >= 15 is 0 Å². The predicted molar refractivity (Wildman–Crippen MR) is 114 cm³/mol. The van der Waals surface area contributed by atoms with E-state index in [9.17, 15) is 4.79 Å². The first kappa shape index (κ1) is 20.6. The second-order valence-corrected chi connectivity index (χ2v) is 7.84. The van der Waals surface area contributed by atoms with Gasteiger partial charge in [0.2, 0.25) is 5.91 Å². The maximum Gasteiger partial charge on any atom is 0.220 e. The number of carbonyl (C=O) groups is 1. The number of amides is 1. The van der Waals surface area contributed by atoms with Crippen LogP contribution in [-0.2, 0) is 17.9 Å². The molecule has 0 saturated carbocycles. The van der Waals surface area contributed by atoms with Crippen molar-refractivity contribution in [3.8, 4) is 0 Å². The van der Waals surface area contributed by atoms with E-state index in [1.165, 1.54) is 49.9 Å². The Morgan fingerprint density at radius 3 is 2.61 bits per heavy atom. The third kappa shape index (κ3) is 6.51. The Hall–Kier alpha value is -2.08. The van der Waals surface area contributed by atoms with Crippen LogP contribution in [0.2, 0.25) is 0 Å². The van der Waals surface area contributed by atoms with Crippen molar-refractivity contribution in [1.29, 1.82) is 0 Å². The fourth-order valence-electron chi connectivity index (χ4n) is 3.93. The first-order valence-corrected chi connectivity index (χ1v) is 10.9. The summed E-state index contributed by atoms with van der Waals surface area (Å²) in [6, 6.07) is 8.92. The van der Waals surface area contributed by atoms with Crippen molar-refractivity contribution in [1.82, 2.24) is 20.9 Å². The van der Waals surface area contributed by atoms with Crippen LogP contribution in [0.25, 0.3) is 0 Å². The van der Waals surface area contributed by atoms with E-state index in [4.69, 9.17) is 4.99 Å². The molecule has 0 spiro atoms. The Labute approximate surface area is 169 Å². The van der Waals surface area contributed by atoms with Gasteiger partial charge >= 0.3 is 0 Å². The largest absolute Gasteiger partial charge is 0.357 e. The number of hydrogen-bond acceptors (Lipinski definition) is 3. The summed E-state index contributed by atoms with van der Waals surface area (Å²) in [6.45, 7) is 7.65. The summed E-state index contributed by atoms with van der Waals surface area (Å²) in [5, 5.41) is 9.73. The number of nitrogens with zero attached hydrogens (tertiary/aromatic N) is 2. The van der Waals surface area contributed by atoms with E-state index in [0.29, 0.717) is 19.5 Å². The molecule has 2 saturated heterocycles. The minimum atomic E-state index is 0.141. The summed E-state index contributed by atoms with van der Waals surface area (Å²) in [5.41, 5.74) is 2.68. The molecule has 3 rings (SSSR count). The van der Waals surface area contributed by atoms with Crippen LogP contribution in [0.4, 0.5) is 0 Å². The lowest BCUT2D eigenvalue weighted by atomic mass is 10.1. The normalized spacial score (nSPS) is 21.7. The molecule has 2 fully saturated rings. The highest BCUT2D eigenvalue weighted by molar-refractivity contribution is 5.81. The maximum absolute atomic E-state index is 11.4. The van der Waals surface area contributed by atoms with Gasteiger partial charge in [-0.25, -0.2) is 4.99 Å². The molecule has 28 heavy (non-hydrogen) atoms. The van der Waals surface area contributed by atoms with Crippen LogP contribution in [0, 0.1) is 0 Å². The molecule has 6 nitrogen and oxygen atoms in total. The van der Waals surface area contributed by atoms with E-state index < -0.39 is 0 Å². The number of aliphatic imine (C=N–C) groups is 1. The number of carbonyl (C=O) groups excluding carboxylic acids is 1. The number of likely N-dealkylation sites (tertiary alicyclic amines) is 1. The fourth-order valence-corrected chi connectivity index (χ4v) is 3.93. The first-order valence-electron chi connectivity index (χ1n) is 10.9. The molecule has 0 bridgehead atoms. The Morgan fingerprint density at radius 2 is 1.93 bits per heavy atom. The van der Waals surface area contributed by atoms with E-state index in [1.54, 1.807) is 0 Å². The maximum atomic E-state index is 11.4. The molecule has 154 valence electrons. The third-order valence-corrected chi connectivity index (χ3v) is 5.57. The van der Waals surface area contributed by atoms with Gasteiger partial charge in [0, 0.05) is 32.1 Å². The average molecular weight is 386 g/mol. The van der Waals surface area contributed by atoms with Crippen LogP contribution in [0.5, 0.6) is 0 Å². The molecule has 1 amide bonds. The van der Waals surface area contributed by atoms with Gasteiger partial charge in [-0.05, 0) is 50.4 Å². The average Bonchev–Trinajstić information content (AvgIpc) is 2.98. The van der Waals surface area contributed by atoms with Gasteiger partial charge in [0.15, 0.2) is 5.96 Å². The van der Waals surface area contributed by atoms with E-state index in [0.717, 1.165) is 25.5 Å². The number of benzene rings is 1. The van der Waals surface area contributed by atoms with Gasteiger partial charge in [0.25, 0.3) is 0 Å². The van der Waals surface area contributed by atoms with Crippen molar-refractivity contribution in [2.75, 3.05) is 26.2 Å². The third-order valence-electron chi connectivity index (χ3n) is 5.57. The van der Waals surface area contributed by atoms with E-state index in [2.05, 4.69) is 52.0 Å². The second-order valence-electron chi connectivity index (χ2n) is 7.84. The lowest BCUT2D eigenvalue weighted by molar-refractivity contribution is -0.122. The van der Waals surface area contributed by atoms with Gasteiger partial charge in [-0.1, -0.05) is 37.1 Å². The van der Waals surface area contributed by atoms with Gasteiger partial charge in [-0.2, -0.15) is 0 Å². The summed E-state index contributed by atoms with van der Waals surface area (Å²) in [6.07, 6.45) is 6.78. The van der Waals surface area contributed by atoms with Gasteiger partial charge in [0.1, 0.15) is 0 Å². The Balaban J connectivity index is 1.62. The van der Waals surface area contributed by atoms with Crippen molar-refractivity contribution in [2.45, 2.75) is 64.6 Å². The fraction of sp³-hybridized carbons (Fsp3) is 0.636. The standard InChI is InChI=1S/C22H35N5O/c1-2-23-22(26-20-11-12-21(28)24-16-20)25-15-18-9-5-6-10-19(18)17-27-13-7-3-4-8-14-27/h5-6,9-10,20H,2-4,7-8,11-17H2,1H3,(H,24,28)(H2,23,25,26). The Kier molecular flexibility index (Phi) is 8.15. The molecule has 2 aliphatic heterocycles. The lowest BCUT2D eigenvalue weighted by Crippen LogP contribution is -2.51. The van der Waals surface area contributed by atoms with Crippen molar-refractivity contribution < 1.29 is 4.79 Å². The molecule has 0 aromatic heterocycles. The Morgan fingerprint density at radius 1 is 1.18 bits per heavy atom. The predicted octanol–water partition coefficient (Wildman–Crippen LogP) is 2.40. The first-order chi connectivity index (χ1) is 13.7. The van der Waals surface area contributed by atoms with Crippen LogP contribution >= 0.6 is 0 Å². The van der Waals surface area contributed by atoms with Gasteiger partial charge < -0.3 is 16.0 Å². The quantitative estimate of drug-likeness (QED) is 0.520. The van der Waals surface area contributed by atoms with E-state index in [1.807, 2.05) is 0 Å². The molecule has 0 aliphatic carbocycles. The van der Waals surface area contributed by atoms with Crippen molar-refractivity contribution >= 4 is 11.9 Å². The summed E-state index contributed by atoms with van der Waals surface area (Å²) in [4.78, 5) is 18.8. The molecule has 6 heteroatoms. The lowest BCUT2D eigenvalue weighted by Gasteiger charge is -2.25. The highest BCUT2D eigenvalue weighted by atomic mass is 16.1. The molecule has 1 aromatic rings. The van der Waals surface area contributed by atoms with Crippen LogP contribution in [-0.4, -0.2) is 49.0 Å². The molecular weight excluding hydrogens is 350 g/mol. The highest BCUT2D eigenvalue weighted by Gasteiger charge is 2.18. The van der Waals surface area contributed by atoms with Crippen molar-refractivity contribution in [3.05, 3.63) is 35.4 Å². The van der Waals surface area contributed by atoms with E-state index in [-0.39, 0.29) is 11.9 Å². The van der Waals surface area contributed by atoms with Gasteiger partial charge in [-0.3, -0.25) is 9.69 Å². The smallest absolute Gasteiger partial charge is 0.220 e. The minimum Gasteiger partial charge on any atom is -0.357 e. The monoisotopic (exact) mass is 385 g/mol. The summed E-state index contributed by atoms with van der Waals surface area (Å²) >= 11 is 0. The van der Waals surface area contributed by atoms with Crippen molar-refractivity contribution in [3.63, 3.8) is 0 Å². The zero-order valence-electron chi connectivity index (χ0n) is 17.2. The number of guanidine groups is 1. The zero-order chi connectivity index (χ0) is 19.6. The van der Waals surface area contributed by atoms with Crippen LogP contribution < -0.4 is 16.0 Å². The van der Waals surface area contributed by atoms with Crippen molar-refractivity contribution in [2.24, 2.45) is 4.99 Å². The molecule has 0 radical (unpaired) electrons. The molecule has 1 atom stereocenters. The summed E-state index contributed by atoms with van der Waals surface area (Å²) in [7, 11) is 0. The highest BCUT2D eigenvalue weighted by Crippen LogP contribution is 2.17. The molecule has 3 N–H and O–H groups in total. The number of rotatable bonds is 6. The molecular formula is C22H35N5O. The number of hydrogen-bond donors (Lipinski definition) is 3. The molecule has 2 aliphatic rings. The number of piperidine rings is 1. The molecule has 2 heterocycles. The minimum absolute atomic E-state index is 0.141. The van der Waals surface area contributed by atoms with Crippen LogP contribution in [0.15, 0.2) is 29.3 Å². The molecule has 1 unspecified atom stereocenters. The van der Waals surface area contributed by atoms with Gasteiger partial charge in [0.05, 0.1) is 6.54 Å². The second kappa shape index (κ2) is 11.1. The van der Waals surface area contributed by atoms with Crippen LogP contribution in [0.3, 0.4) is 0 Å². The van der Waals surface area contributed by atoms with Gasteiger partial charge in [-0.15, -0.1) is 0 Å². The molecule has 1 aromatic carbocycles. The zero-order valence-corrected chi connectivity index (χ0v) is 17.2. The SMILES string of the molecule is CCNC(=NCc1ccccc1CN1CCCCCC1)NC1CCC(=O)NC1. The topological polar surface area (TPSA) is 68.8 Å². The number of nitrogens with one attached hydrogen (secondary N) is 3. The summed E-state index contributed by atoms with van der Waals surface area (Å²) in [5.74, 6) is 0.968. The van der Waals surface area contributed by atoms with Crippen LogP contribution in [0.1, 0.15) is 56.6 Å². The summed E-state index contributed by atoms with van der Waals surface area (Å²) < 4.78 is 0.